The smallest absolute Gasteiger partial charge is 0.225 e. The van der Waals surface area contributed by atoms with E-state index in [9.17, 15) is 0 Å². The normalized spacial score (nSPS) is 24.4. The summed E-state index contributed by atoms with van der Waals surface area (Å²) in [6, 6.07) is 0. The molecule has 0 N–H and O–H groups in total. The lowest BCUT2D eigenvalue weighted by Gasteiger charge is -2.18. The molecule has 0 aliphatic carbocycles. The van der Waals surface area contributed by atoms with Crippen molar-refractivity contribution in [1.29, 1.82) is 0 Å². The summed E-state index contributed by atoms with van der Waals surface area (Å²) in [5.74, 6) is 1.54. The second-order valence-corrected chi connectivity index (χ2v) is 4.95. The predicted octanol–water partition coefficient (Wildman–Crippen LogP) is 2.70. The Hall–Kier alpha value is -0.610. The van der Waals surface area contributed by atoms with Gasteiger partial charge in [0.15, 0.2) is 0 Å². The van der Waals surface area contributed by atoms with Crippen molar-refractivity contribution in [3.63, 3.8) is 0 Å². The SMILES string of the molecule is CCCc1nnc(Cl)n1CC1CCOC1CC. The van der Waals surface area contributed by atoms with E-state index in [0.717, 1.165) is 44.7 Å². The highest BCUT2D eigenvalue weighted by Crippen LogP contribution is 2.26. The van der Waals surface area contributed by atoms with Gasteiger partial charge in [-0.25, -0.2) is 0 Å². The Kier molecular flexibility index (Phi) is 4.40. The van der Waals surface area contributed by atoms with Gasteiger partial charge in [-0.3, -0.25) is 0 Å². The molecule has 2 rings (SSSR count). The maximum atomic E-state index is 6.10. The number of hydrogen-bond acceptors (Lipinski definition) is 3. The van der Waals surface area contributed by atoms with Gasteiger partial charge in [-0.15, -0.1) is 10.2 Å². The van der Waals surface area contributed by atoms with Crippen LogP contribution in [-0.4, -0.2) is 27.5 Å². The van der Waals surface area contributed by atoms with Crippen LogP contribution in [0.1, 0.15) is 38.9 Å². The molecule has 1 aromatic heterocycles. The van der Waals surface area contributed by atoms with E-state index < -0.39 is 0 Å². The van der Waals surface area contributed by atoms with Crippen LogP contribution in [-0.2, 0) is 17.7 Å². The Bertz CT molecular complexity index is 367. The fourth-order valence-corrected chi connectivity index (χ4v) is 2.69. The highest BCUT2D eigenvalue weighted by molar-refractivity contribution is 6.28. The minimum absolute atomic E-state index is 0.364. The largest absolute Gasteiger partial charge is 0.378 e. The van der Waals surface area contributed by atoms with Crippen molar-refractivity contribution in [1.82, 2.24) is 14.8 Å². The first kappa shape index (κ1) is 12.8. The minimum Gasteiger partial charge on any atom is -0.378 e. The molecule has 17 heavy (non-hydrogen) atoms. The van der Waals surface area contributed by atoms with Gasteiger partial charge < -0.3 is 9.30 Å². The summed E-state index contributed by atoms with van der Waals surface area (Å²) in [4.78, 5) is 0. The fraction of sp³-hybridized carbons (Fsp3) is 0.833. The Morgan fingerprint density at radius 1 is 1.41 bits per heavy atom. The van der Waals surface area contributed by atoms with Crippen LogP contribution in [0.25, 0.3) is 0 Å². The molecule has 0 spiro atoms. The first-order chi connectivity index (χ1) is 8.26. The molecule has 0 saturated carbocycles. The number of halogens is 1. The molecular formula is C12H20ClN3O. The van der Waals surface area contributed by atoms with E-state index in [1.165, 1.54) is 0 Å². The van der Waals surface area contributed by atoms with Crippen molar-refractivity contribution < 1.29 is 4.74 Å². The summed E-state index contributed by atoms with van der Waals surface area (Å²) in [7, 11) is 0. The van der Waals surface area contributed by atoms with Gasteiger partial charge >= 0.3 is 0 Å². The predicted molar refractivity (Wildman–Crippen MR) is 67.2 cm³/mol. The van der Waals surface area contributed by atoms with Gasteiger partial charge in [-0.2, -0.15) is 0 Å². The van der Waals surface area contributed by atoms with Crippen LogP contribution in [0.4, 0.5) is 0 Å². The Labute approximate surface area is 107 Å². The Morgan fingerprint density at radius 3 is 2.94 bits per heavy atom. The third-order valence-electron chi connectivity index (χ3n) is 3.42. The van der Waals surface area contributed by atoms with E-state index in [1.807, 2.05) is 4.57 Å². The third-order valence-corrected chi connectivity index (χ3v) is 3.70. The van der Waals surface area contributed by atoms with Crippen molar-refractivity contribution in [2.75, 3.05) is 6.61 Å². The molecule has 5 heteroatoms. The van der Waals surface area contributed by atoms with Crippen LogP contribution >= 0.6 is 11.6 Å². The van der Waals surface area contributed by atoms with Gasteiger partial charge in [-0.05, 0) is 30.9 Å². The molecule has 2 atom stereocenters. The lowest BCUT2D eigenvalue weighted by atomic mass is 9.99. The number of rotatable bonds is 5. The number of aryl methyl sites for hydroxylation is 1. The number of ether oxygens (including phenoxy) is 1. The summed E-state index contributed by atoms with van der Waals surface area (Å²) in [6.45, 7) is 6.07. The molecule has 1 saturated heterocycles. The van der Waals surface area contributed by atoms with Crippen molar-refractivity contribution in [2.45, 2.75) is 52.2 Å². The van der Waals surface area contributed by atoms with Crippen LogP contribution < -0.4 is 0 Å². The molecular weight excluding hydrogens is 238 g/mol. The molecule has 1 aromatic rings. The average molecular weight is 258 g/mol. The van der Waals surface area contributed by atoms with Crippen LogP contribution in [0, 0.1) is 5.92 Å². The van der Waals surface area contributed by atoms with Gasteiger partial charge in [0.05, 0.1) is 6.10 Å². The summed E-state index contributed by atoms with van der Waals surface area (Å²) >= 11 is 6.10. The van der Waals surface area contributed by atoms with Gasteiger partial charge in [0.2, 0.25) is 5.28 Å². The number of aromatic nitrogens is 3. The highest BCUT2D eigenvalue weighted by atomic mass is 35.5. The minimum atomic E-state index is 0.364. The molecule has 0 radical (unpaired) electrons. The molecule has 2 heterocycles. The van der Waals surface area contributed by atoms with Crippen LogP contribution in [0.3, 0.4) is 0 Å². The molecule has 4 nitrogen and oxygen atoms in total. The summed E-state index contributed by atoms with van der Waals surface area (Å²) in [6.07, 6.45) is 4.53. The van der Waals surface area contributed by atoms with E-state index in [-0.39, 0.29) is 0 Å². The molecule has 0 amide bonds. The second-order valence-electron chi connectivity index (χ2n) is 4.61. The van der Waals surface area contributed by atoms with E-state index >= 15 is 0 Å². The van der Waals surface area contributed by atoms with Gasteiger partial charge in [-0.1, -0.05) is 13.8 Å². The topological polar surface area (TPSA) is 39.9 Å². The Morgan fingerprint density at radius 2 is 2.24 bits per heavy atom. The zero-order chi connectivity index (χ0) is 12.3. The van der Waals surface area contributed by atoms with Gasteiger partial charge in [0, 0.05) is 25.5 Å². The van der Waals surface area contributed by atoms with Crippen molar-refractivity contribution >= 4 is 11.6 Å². The summed E-state index contributed by atoms with van der Waals surface area (Å²) in [5, 5.41) is 8.61. The third kappa shape index (κ3) is 2.80. The monoisotopic (exact) mass is 257 g/mol. The standard InChI is InChI=1S/C12H20ClN3O/c1-3-5-11-14-15-12(13)16(11)8-9-6-7-17-10(9)4-2/h9-10H,3-8H2,1-2H3. The zero-order valence-electron chi connectivity index (χ0n) is 10.5. The van der Waals surface area contributed by atoms with Crippen molar-refractivity contribution in [3.05, 3.63) is 11.1 Å². The first-order valence-electron chi connectivity index (χ1n) is 6.45. The summed E-state index contributed by atoms with van der Waals surface area (Å²) < 4.78 is 7.75. The molecule has 2 unspecified atom stereocenters. The maximum absolute atomic E-state index is 6.10. The molecule has 0 bridgehead atoms. The maximum Gasteiger partial charge on any atom is 0.225 e. The van der Waals surface area contributed by atoms with Crippen LogP contribution in [0.15, 0.2) is 0 Å². The molecule has 1 fully saturated rings. The van der Waals surface area contributed by atoms with Gasteiger partial charge in [0.25, 0.3) is 0 Å². The Balaban J connectivity index is 2.09. The lowest BCUT2D eigenvalue weighted by molar-refractivity contribution is 0.0833. The fourth-order valence-electron chi connectivity index (χ4n) is 2.49. The lowest BCUT2D eigenvalue weighted by Crippen LogP contribution is -2.21. The molecule has 0 aromatic carbocycles. The van der Waals surface area contributed by atoms with Gasteiger partial charge in [0.1, 0.15) is 5.82 Å². The van der Waals surface area contributed by atoms with E-state index in [1.54, 1.807) is 0 Å². The molecule has 96 valence electrons. The second kappa shape index (κ2) is 5.83. The van der Waals surface area contributed by atoms with Crippen molar-refractivity contribution in [2.24, 2.45) is 5.92 Å². The molecule has 1 aliphatic rings. The van der Waals surface area contributed by atoms with Crippen molar-refractivity contribution in [3.8, 4) is 0 Å². The number of nitrogens with zero attached hydrogens (tertiary/aromatic N) is 3. The van der Waals surface area contributed by atoms with Crippen LogP contribution in [0.5, 0.6) is 0 Å². The van der Waals surface area contributed by atoms with E-state index in [2.05, 4.69) is 24.0 Å². The quantitative estimate of drug-likeness (QED) is 0.814. The number of hydrogen-bond donors (Lipinski definition) is 0. The van der Waals surface area contributed by atoms with Crippen LogP contribution in [0.2, 0.25) is 5.28 Å². The highest BCUT2D eigenvalue weighted by Gasteiger charge is 2.28. The summed E-state index contributed by atoms with van der Waals surface area (Å²) in [5.41, 5.74) is 0. The molecule has 1 aliphatic heterocycles. The van der Waals surface area contributed by atoms with E-state index in [4.69, 9.17) is 16.3 Å². The van der Waals surface area contributed by atoms with E-state index in [0.29, 0.717) is 17.3 Å². The average Bonchev–Trinajstić information content (AvgIpc) is 2.90. The zero-order valence-corrected chi connectivity index (χ0v) is 11.3. The first-order valence-corrected chi connectivity index (χ1v) is 6.83.